The summed E-state index contributed by atoms with van der Waals surface area (Å²) in [6, 6.07) is 8.32. The molecule has 118 valence electrons. The van der Waals surface area contributed by atoms with Crippen LogP contribution in [0.5, 0.6) is 0 Å². The third-order valence-electron chi connectivity index (χ3n) is 4.20. The summed E-state index contributed by atoms with van der Waals surface area (Å²) in [5, 5.41) is 9.78. The van der Waals surface area contributed by atoms with Crippen molar-refractivity contribution in [3.8, 4) is 0 Å². The molecule has 0 radical (unpaired) electrons. The molecule has 1 aliphatic heterocycles. The number of aliphatic hydroxyl groups is 1. The van der Waals surface area contributed by atoms with Gasteiger partial charge in [0.05, 0.1) is 5.69 Å². The fraction of sp³-hybridized carbons (Fsp3) is 0.667. The van der Waals surface area contributed by atoms with Crippen LogP contribution < -0.4 is 4.90 Å². The first-order chi connectivity index (χ1) is 10.1. The number of benzene rings is 1. The minimum Gasteiger partial charge on any atom is -0.362 e. The van der Waals surface area contributed by atoms with Gasteiger partial charge in [0.2, 0.25) is 0 Å². The van der Waals surface area contributed by atoms with Crippen LogP contribution >= 0.6 is 11.8 Å². The molecule has 0 aliphatic carbocycles. The van der Waals surface area contributed by atoms with Crippen LogP contribution in [-0.4, -0.2) is 16.7 Å². The maximum absolute atomic E-state index is 10.6. The Labute approximate surface area is 133 Å². The molecule has 0 saturated heterocycles. The summed E-state index contributed by atoms with van der Waals surface area (Å²) in [5.41, 5.74) is 1.19. The number of anilines is 1. The molecular formula is C18H29NOS. The van der Waals surface area contributed by atoms with Gasteiger partial charge in [-0.05, 0) is 25.5 Å². The first-order valence-corrected chi connectivity index (χ1v) is 9.25. The Morgan fingerprint density at radius 3 is 2.33 bits per heavy atom. The highest BCUT2D eigenvalue weighted by atomic mass is 32.2. The largest absolute Gasteiger partial charge is 0.362 e. The summed E-state index contributed by atoms with van der Waals surface area (Å²) in [6.45, 7) is 5.12. The van der Waals surface area contributed by atoms with Gasteiger partial charge < -0.3 is 10.0 Å². The van der Waals surface area contributed by atoms with Crippen molar-refractivity contribution in [1.29, 1.82) is 0 Å². The van der Waals surface area contributed by atoms with Gasteiger partial charge in [-0.15, -0.1) is 0 Å². The van der Waals surface area contributed by atoms with Crippen molar-refractivity contribution < 1.29 is 5.11 Å². The van der Waals surface area contributed by atoms with Crippen molar-refractivity contribution in [3.63, 3.8) is 0 Å². The van der Waals surface area contributed by atoms with Gasteiger partial charge >= 0.3 is 0 Å². The molecule has 2 nitrogen and oxygen atoms in total. The van der Waals surface area contributed by atoms with Crippen LogP contribution in [0, 0.1) is 0 Å². The van der Waals surface area contributed by atoms with Gasteiger partial charge in [0, 0.05) is 11.4 Å². The maximum Gasteiger partial charge on any atom is 0.188 e. The zero-order valence-electron chi connectivity index (χ0n) is 13.5. The zero-order chi connectivity index (χ0) is 15.1. The lowest BCUT2D eigenvalue weighted by Gasteiger charge is -2.31. The number of hydrogen-bond donors (Lipinski definition) is 1. The first-order valence-electron chi connectivity index (χ1n) is 8.43. The molecule has 1 atom stereocenters. The van der Waals surface area contributed by atoms with E-state index in [1.807, 2.05) is 13.0 Å². The van der Waals surface area contributed by atoms with Crippen molar-refractivity contribution in [2.45, 2.75) is 75.2 Å². The highest BCUT2D eigenvalue weighted by Gasteiger charge is 2.38. The lowest BCUT2D eigenvalue weighted by molar-refractivity contribution is 0.155. The number of hydrogen-bond acceptors (Lipinski definition) is 3. The van der Waals surface area contributed by atoms with Crippen molar-refractivity contribution in [3.05, 3.63) is 24.3 Å². The minimum atomic E-state index is -0.787. The SMILES string of the molecule is CCCCCCCCCCN1c2ccccc2S[C@@]1(C)O. The highest BCUT2D eigenvalue weighted by molar-refractivity contribution is 8.01. The Hall–Kier alpha value is -0.670. The summed E-state index contributed by atoms with van der Waals surface area (Å²) in [5.74, 6) is 0. The maximum atomic E-state index is 10.6. The lowest BCUT2D eigenvalue weighted by Crippen LogP contribution is -2.41. The van der Waals surface area contributed by atoms with Gasteiger partial charge in [-0.2, -0.15) is 0 Å². The van der Waals surface area contributed by atoms with E-state index < -0.39 is 5.06 Å². The van der Waals surface area contributed by atoms with Crippen molar-refractivity contribution in [2.75, 3.05) is 11.4 Å². The minimum absolute atomic E-state index is 0.787. The third kappa shape index (κ3) is 4.65. The van der Waals surface area contributed by atoms with Gasteiger partial charge in [0.25, 0.3) is 0 Å². The molecule has 1 N–H and O–H groups in total. The highest BCUT2D eigenvalue weighted by Crippen LogP contribution is 2.48. The summed E-state index contributed by atoms with van der Waals surface area (Å²) >= 11 is 1.56. The van der Waals surface area contributed by atoms with Gasteiger partial charge in [0.15, 0.2) is 5.06 Å². The van der Waals surface area contributed by atoms with E-state index in [4.69, 9.17) is 0 Å². The predicted molar refractivity (Wildman–Crippen MR) is 92.9 cm³/mol. The topological polar surface area (TPSA) is 23.5 Å². The molecule has 0 aromatic heterocycles. The zero-order valence-corrected chi connectivity index (χ0v) is 14.3. The van der Waals surface area contributed by atoms with Crippen LogP contribution in [0.2, 0.25) is 0 Å². The van der Waals surface area contributed by atoms with Gasteiger partial charge in [-0.3, -0.25) is 0 Å². The molecule has 0 spiro atoms. The standard InChI is InChI=1S/C18H29NOS/c1-3-4-5-6-7-8-9-12-15-19-16-13-10-11-14-17(16)21-18(19,2)20/h10-11,13-14,20H,3-9,12,15H2,1-2H3/t18-/m1/s1. The second kappa shape index (κ2) is 8.09. The number of unbranched alkanes of at least 4 members (excludes halogenated alkanes) is 7. The van der Waals surface area contributed by atoms with E-state index in [9.17, 15) is 5.11 Å². The Bertz CT molecular complexity index is 433. The van der Waals surface area contributed by atoms with Gasteiger partial charge in [-0.25, -0.2) is 0 Å². The van der Waals surface area contributed by atoms with Crippen molar-refractivity contribution in [2.24, 2.45) is 0 Å². The molecule has 1 aromatic carbocycles. The average molecular weight is 308 g/mol. The fourth-order valence-corrected chi connectivity index (χ4v) is 4.13. The van der Waals surface area contributed by atoms with E-state index in [1.54, 1.807) is 11.8 Å². The van der Waals surface area contributed by atoms with Crippen molar-refractivity contribution >= 4 is 17.4 Å². The van der Waals surface area contributed by atoms with E-state index in [0.29, 0.717) is 0 Å². The number of nitrogens with zero attached hydrogens (tertiary/aromatic N) is 1. The number of fused-ring (bicyclic) bond motifs is 1. The number of thioether (sulfide) groups is 1. The summed E-state index contributed by atoms with van der Waals surface area (Å²) in [6.07, 6.45) is 10.6. The molecule has 0 bridgehead atoms. The number of rotatable bonds is 9. The predicted octanol–water partition coefficient (Wildman–Crippen LogP) is 5.41. The summed E-state index contributed by atoms with van der Waals surface area (Å²) < 4.78 is 0. The van der Waals surface area contributed by atoms with Crippen LogP contribution in [0.15, 0.2) is 29.2 Å². The molecule has 1 heterocycles. The Balaban J connectivity index is 1.70. The van der Waals surface area contributed by atoms with E-state index in [1.165, 1.54) is 61.9 Å². The van der Waals surface area contributed by atoms with Crippen LogP contribution in [0.1, 0.15) is 65.2 Å². The van der Waals surface area contributed by atoms with Crippen LogP contribution in [0.25, 0.3) is 0 Å². The van der Waals surface area contributed by atoms with Crippen LogP contribution in [-0.2, 0) is 0 Å². The third-order valence-corrected chi connectivity index (χ3v) is 5.37. The summed E-state index contributed by atoms with van der Waals surface area (Å²) in [7, 11) is 0. The van der Waals surface area contributed by atoms with Crippen molar-refractivity contribution in [1.82, 2.24) is 0 Å². The average Bonchev–Trinajstić information content (AvgIpc) is 2.72. The molecule has 0 fully saturated rings. The van der Waals surface area contributed by atoms with Gasteiger partial charge in [-0.1, -0.05) is 75.8 Å². The molecule has 0 saturated carbocycles. The Morgan fingerprint density at radius 2 is 1.62 bits per heavy atom. The van der Waals surface area contributed by atoms with E-state index in [0.717, 1.165) is 6.54 Å². The van der Waals surface area contributed by atoms with Crippen LogP contribution in [0.3, 0.4) is 0 Å². The molecule has 1 aliphatic rings. The quantitative estimate of drug-likeness (QED) is 0.617. The molecular weight excluding hydrogens is 278 g/mol. The molecule has 21 heavy (non-hydrogen) atoms. The second-order valence-corrected chi connectivity index (χ2v) is 7.55. The monoisotopic (exact) mass is 307 g/mol. The normalized spacial score (nSPS) is 20.8. The van der Waals surface area contributed by atoms with E-state index >= 15 is 0 Å². The molecule has 3 heteroatoms. The molecule has 0 unspecified atom stereocenters. The Kier molecular flexibility index (Phi) is 6.43. The number of para-hydroxylation sites is 1. The van der Waals surface area contributed by atoms with Gasteiger partial charge in [0.1, 0.15) is 0 Å². The smallest absolute Gasteiger partial charge is 0.188 e. The van der Waals surface area contributed by atoms with E-state index in [-0.39, 0.29) is 0 Å². The van der Waals surface area contributed by atoms with E-state index in [2.05, 4.69) is 30.0 Å². The molecule has 0 amide bonds. The molecule has 2 rings (SSSR count). The Morgan fingerprint density at radius 1 is 1.00 bits per heavy atom. The first kappa shape index (κ1) is 16.7. The second-order valence-electron chi connectivity index (χ2n) is 6.13. The lowest BCUT2D eigenvalue weighted by atomic mass is 10.1. The molecule has 1 aromatic rings. The fourth-order valence-electron chi connectivity index (χ4n) is 2.99. The summed E-state index contributed by atoms with van der Waals surface area (Å²) in [4.78, 5) is 3.35. The van der Waals surface area contributed by atoms with Crippen LogP contribution in [0.4, 0.5) is 5.69 Å².